The summed E-state index contributed by atoms with van der Waals surface area (Å²) in [5.41, 5.74) is 0. The Hall–Kier alpha value is -2.45. The molecule has 2 heterocycles. The van der Waals surface area contributed by atoms with Gasteiger partial charge in [-0.25, -0.2) is 4.98 Å². The number of carbonyl (C=O) groups excluding carboxylic acids is 1. The topological polar surface area (TPSA) is 80.9 Å². The van der Waals surface area contributed by atoms with Gasteiger partial charge in [0.25, 0.3) is 0 Å². The van der Waals surface area contributed by atoms with Crippen molar-refractivity contribution in [3.8, 4) is 0 Å². The van der Waals surface area contributed by atoms with Crippen molar-refractivity contribution in [1.29, 1.82) is 0 Å². The Bertz CT molecular complexity index is 583. The minimum Gasteiger partial charge on any atom is -0.329 e. The number of pyridine rings is 1. The highest BCUT2D eigenvalue weighted by atomic mass is 19.4. The monoisotopic (exact) mass is 286 g/mol. The number of rotatable bonds is 4. The maximum Gasteiger partial charge on any atom is 0.471 e. The largest absolute Gasteiger partial charge is 0.471 e. The molecule has 0 radical (unpaired) electrons. The summed E-state index contributed by atoms with van der Waals surface area (Å²) < 4.78 is 40.7. The van der Waals surface area contributed by atoms with Gasteiger partial charge in [0.2, 0.25) is 5.91 Å². The second kappa shape index (κ2) is 5.68. The summed E-state index contributed by atoms with van der Waals surface area (Å²) >= 11 is 0. The molecule has 0 saturated heterocycles. The van der Waals surface area contributed by atoms with Gasteiger partial charge in [0, 0.05) is 19.0 Å². The Balaban J connectivity index is 1.86. The van der Waals surface area contributed by atoms with Crippen LogP contribution in [-0.2, 0) is 17.4 Å². The van der Waals surface area contributed by atoms with Crippen molar-refractivity contribution in [2.24, 2.45) is 0 Å². The van der Waals surface area contributed by atoms with Gasteiger partial charge in [-0.3, -0.25) is 4.79 Å². The van der Waals surface area contributed by atoms with Gasteiger partial charge in [-0.15, -0.1) is 0 Å². The molecule has 0 atom stereocenters. The average Bonchev–Trinajstić information content (AvgIpc) is 2.86. The molecule has 0 bridgehead atoms. The van der Waals surface area contributed by atoms with Gasteiger partial charge < -0.3 is 9.84 Å². The molecule has 2 aromatic rings. The highest BCUT2D eigenvalue weighted by Gasteiger charge is 2.38. The second-order valence-electron chi connectivity index (χ2n) is 3.78. The van der Waals surface area contributed by atoms with Crippen molar-refractivity contribution >= 4 is 11.7 Å². The standard InChI is InChI=1S/C11H9F3N4O2/c12-11(13,14)10-17-8(18-20-10)4-5-9(19)16-7-3-1-2-6-15-7/h1-3,6H,4-5H2,(H,15,16,19). The van der Waals surface area contributed by atoms with Gasteiger partial charge in [-0.1, -0.05) is 11.2 Å². The van der Waals surface area contributed by atoms with Crippen LogP contribution in [0.25, 0.3) is 0 Å². The third-order valence-electron chi connectivity index (χ3n) is 2.22. The van der Waals surface area contributed by atoms with Crippen molar-refractivity contribution in [3.63, 3.8) is 0 Å². The van der Waals surface area contributed by atoms with E-state index in [1.54, 1.807) is 18.2 Å². The molecule has 2 aromatic heterocycles. The van der Waals surface area contributed by atoms with E-state index in [9.17, 15) is 18.0 Å². The first-order valence-electron chi connectivity index (χ1n) is 5.56. The summed E-state index contributed by atoms with van der Waals surface area (Å²) in [7, 11) is 0. The predicted octanol–water partition coefficient (Wildman–Crippen LogP) is 2.05. The maximum atomic E-state index is 12.2. The van der Waals surface area contributed by atoms with E-state index in [1.807, 2.05) is 0 Å². The Morgan fingerprint density at radius 3 is 2.75 bits per heavy atom. The Morgan fingerprint density at radius 2 is 2.15 bits per heavy atom. The fourth-order valence-electron chi connectivity index (χ4n) is 1.34. The van der Waals surface area contributed by atoms with Gasteiger partial charge in [0.05, 0.1) is 0 Å². The third kappa shape index (κ3) is 3.77. The predicted molar refractivity (Wildman–Crippen MR) is 60.5 cm³/mol. The van der Waals surface area contributed by atoms with Crippen LogP contribution >= 0.6 is 0 Å². The maximum absolute atomic E-state index is 12.2. The minimum absolute atomic E-state index is 0.0573. The molecule has 0 aliphatic rings. The zero-order valence-corrected chi connectivity index (χ0v) is 10.0. The molecule has 0 saturated carbocycles. The molecule has 0 aliphatic carbocycles. The van der Waals surface area contributed by atoms with Gasteiger partial charge in [0.1, 0.15) is 5.82 Å². The van der Waals surface area contributed by atoms with E-state index < -0.39 is 18.0 Å². The van der Waals surface area contributed by atoms with E-state index in [0.717, 1.165) is 0 Å². The van der Waals surface area contributed by atoms with Crippen molar-refractivity contribution in [2.75, 3.05) is 5.32 Å². The molecule has 0 unspecified atom stereocenters. The Kier molecular flexibility index (Phi) is 3.97. The summed E-state index contributed by atoms with van der Waals surface area (Å²) in [4.78, 5) is 18.6. The molecule has 0 aliphatic heterocycles. The van der Waals surface area contributed by atoms with E-state index in [2.05, 4.69) is 25.0 Å². The number of aromatic nitrogens is 3. The molecule has 0 spiro atoms. The molecular formula is C11H9F3N4O2. The highest BCUT2D eigenvalue weighted by molar-refractivity contribution is 5.89. The van der Waals surface area contributed by atoms with Crippen molar-refractivity contribution in [3.05, 3.63) is 36.1 Å². The number of nitrogens with one attached hydrogen (secondary N) is 1. The number of amides is 1. The molecule has 106 valence electrons. The Morgan fingerprint density at radius 1 is 1.35 bits per heavy atom. The first-order valence-corrected chi connectivity index (χ1v) is 5.56. The molecule has 2 rings (SSSR count). The number of alkyl halides is 3. The molecule has 1 N–H and O–H groups in total. The molecule has 20 heavy (non-hydrogen) atoms. The summed E-state index contributed by atoms with van der Waals surface area (Å²) in [6.45, 7) is 0. The molecular weight excluding hydrogens is 277 g/mol. The van der Waals surface area contributed by atoms with Crippen LogP contribution in [0.3, 0.4) is 0 Å². The van der Waals surface area contributed by atoms with E-state index in [-0.39, 0.29) is 18.7 Å². The van der Waals surface area contributed by atoms with Gasteiger partial charge in [0.15, 0.2) is 5.82 Å². The van der Waals surface area contributed by atoms with E-state index in [1.165, 1.54) is 6.20 Å². The van der Waals surface area contributed by atoms with E-state index >= 15 is 0 Å². The molecule has 0 fully saturated rings. The quantitative estimate of drug-likeness (QED) is 0.930. The fourth-order valence-corrected chi connectivity index (χ4v) is 1.34. The summed E-state index contributed by atoms with van der Waals surface area (Å²) in [5, 5.41) is 5.65. The molecule has 0 aromatic carbocycles. The van der Waals surface area contributed by atoms with E-state index in [0.29, 0.717) is 5.82 Å². The van der Waals surface area contributed by atoms with Gasteiger partial charge in [-0.05, 0) is 12.1 Å². The Labute approximate surface area is 111 Å². The number of carbonyl (C=O) groups is 1. The first-order chi connectivity index (χ1) is 9.45. The van der Waals surface area contributed by atoms with Gasteiger partial charge >= 0.3 is 12.1 Å². The SMILES string of the molecule is O=C(CCc1noc(C(F)(F)F)n1)Nc1ccccn1. The minimum atomic E-state index is -4.68. The lowest BCUT2D eigenvalue weighted by Gasteiger charge is -2.01. The van der Waals surface area contributed by atoms with Crippen LogP contribution in [0.2, 0.25) is 0 Å². The number of nitrogens with zero attached hydrogens (tertiary/aromatic N) is 3. The van der Waals surface area contributed by atoms with E-state index in [4.69, 9.17) is 0 Å². The number of halogens is 3. The normalized spacial score (nSPS) is 11.3. The average molecular weight is 286 g/mol. The molecule has 1 amide bonds. The van der Waals surface area contributed by atoms with Crippen LogP contribution in [0.1, 0.15) is 18.1 Å². The van der Waals surface area contributed by atoms with Crippen LogP contribution in [0.4, 0.5) is 19.0 Å². The summed E-state index contributed by atoms with van der Waals surface area (Å²) in [5.74, 6) is -1.63. The smallest absolute Gasteiger partial charge is 0.329 e. The fraction of sp³-hybridized carbons (Fsp3) is 0.273. The van der Waals surface area contributed by atoms with Crippen molar-refractivity contribution in [2.45, 2.75) is 19.0 Å². The second-order valence-corrected chi connectivity index (χ2v) is 3.78. The molecule has 9 heteroatoms. The highest BCUT2D eigenvalue weighted by Crippen LogP contribution is 2.27. The number of hydrogen-bond acceptors (Lipinski definition) is 5. The third-order valence-corrected chi connectivity index (χ3v) is 2.22. The lowest BCUT2D eigenvalue weighted by Crippen LogP contribution is -2.13. The van der Waals surface area contributed by atoms with Crippen LogP contribution in [-0.4, -0.2) is 21.0 Å². The molecule has 6 nitrogen and oxygen atoms in total. The van der Waals surface area contributed by atoms with Crippen molar-refractivity contribution in [1.82, 2.24) is 15.1 Å². The number of anilines is 1. The van der Waals surface area contributed by atoms with Gasteiger partial charge in [-0.2, -0.15) is 18.2 Å². The summed E-state index contributed by atoms with van der Waals surface area (Å²) in [6.07, 6.45) is -3.31. The zero-order valence-electron chi connectivity index (χ0n) is 10.0. The van der Waals surface area contributed by atoms with Crippen LogP contribution < -0.4 is 5.32 Å². The number of hydrogen-bond donors (Lipinski definition) is 1. The first kappa shape index (κ1) is 14.0. The lowest BCUT2D eigenvalue weighted by molar-refractivity contribution is -0.159. The number of aryl methyl sites for hydroxylation is 1. The van der Waals surface area contributed by atoms with Crippen LogP contribution in [0.5, 0.6) is 0 Å². The zero-order chi connectivity index (χ0) is 14.6. The van der Waals surface area contributed by atoms with Crippen molar-refractivity contribution < 1.29 is 22.5 Å². The lowest BCUT2D eigenvalue weighted by atomic mass is 10.3. The van der Waals surface area contributed by atoms with Crippen LogP contribution in [0.15, 0.2) is 28.9 Å². The summed E-state index contributed by atoms with van der Waals surface area (Å²) in [6, 6.07) is 4.97. The van der Waals surface area contributed by atoms with Crippen LogP contribution in [0, 0.1) is 0 Å².